The van der Waals surface area contributed by atoms with E-state index in [0.717, 1.165) is 0 Å². The molecule has 1 fully saturated rings. The van der Waals surface area contributed by atoms with Crippen LogP contribution in [0.5, 0.6) is 0 Å². The average molecular weight is 206 g/mol. The first-order chi connectivity index (χ1) is 5.69. The zero-order valence-electron chi connectivity index (χ0n) is 6.86. The van der Waals surface area contributed by atoms with Crippen LogP contribution in [0.2, 0.25) is 0 Å². The van der Waals surface area contributed by atoms with E-state index in [1.54, 1.807) is 4.31 Å². The lowest BCUT2D eigenvalue weighted by molar-refractivity contribution is -0.134. The number of carbonyl (C=O) groups is 2. The summed E-state index contributed by atoms with van der Waals surface area (Å²) in [6.45, 7) is 0.290. The van der Waals surface area contributed by atoms with Crippen molar-refractivity contribution >= 4 is 35.5 Å². The van der Waals surface area contributed by atoms with Crippen molar-refractivity contribution < 1.29 is 9.59 Å². The summed E-state index contributed by atoms with van der Waals surface area (Å²) in [5.41, 5.74) is 0. The molecule has 1 N–H and O–H groups in total. The normalized spacial score (nSPS) is 25.7. The molecule has 1 atom stereocenters. The summed E-state index contributed by atoms with van der Waals surface area (Å²) in [6.07, 6.45) is 3.71. The van der Waals surface area contributed by atoms with Gasteiger partial charge in [0, 0.05) is 0 Å². The lowest BCUT2D eigenvalue weighted by atomic mass is 10.4. The zero-order valence-corrected chi connectivity index (χ0v) is 8.50. The fourth-order valence-corrected chi connectivity index (χ4v) is 2.61. The summed E-state index contributed by atoms with van der Waals surface area (Å²) in [6, 6.07) is 0. The first kappa shape index (κ1) is 9.88. The molecule has 68 valence electrons. The SMILES string of the molecule is CSC1C(=O)NC(=O)CN1SC. The molecular formula is C6H10N2O2S2. The molecule has 0 saturated carbocycles. The van der Waals surface area contributed by atoms with E-state index in [1.165, 1.54) is 23.7 Å². The first-order valence-corrected chi connectivity index (χ1v) is 5.83. The molecule has 1 saturated heterocycles. The highest BCUT2D eigenvalue weighted by Gasteiger charge is 2.32. The van der Waals surface area contributed by atoms with Gasteiger partial charge in [-0.1, -0.05) is 11.9 Å². The maximum atomic E-state index is 11.2. The molecule has 0 aromatic heterocycles. The van der Waals surface area contributed by atoms with E-state index in [0.29, 0.717) is 6.54 Å². The second-order valence-corrected chi connectivity index (χ2v) is 4.01. The monoisotopic (exact) mass is 206 g/mol. The summed E-state index contributed by atoms with van der Waals surface area (Å²) >= 11 is 2.85. The van der Waals surface area contributed by atoms with Crippen LogP contribution in [-0.4, -0.2) is 40.5 Å². The number of nitrogens with one attached hydrogen (secondary N) is 1. The lowest BCUT2D eigenvalue weighted by Crippen LogP contribution is -2.53. The van der Waals surface area contributed by atoms with E-state index in [2.05, 4.69) is 5.32 Å². The summed E-state index contributed by atoms with van der Waals surface area (Å²) in [5.74, 6) is -0.437. The van der Waals surface area contributed by atoms with Crippen LogP contribution in [0.15, 0.2) is 0 Å². The summed E-state index contributed by atoms with van der Waals surface area (Å²) in [7, 11) is 0. The quantitative estimate of drug-likeness (QED) is 0.505. The van der Waals surface area contributed by atoms with Gasteiger partial charge in [0.25, 0.3) is 5.91 Å². The van der Waals surface area contributed by atoms with E-state index < -0.39 is 0 Å². The van der Waals surface area contributed by atoms with Gasteiger partial charge < -0.3 is 0 Å². The molecular weight excluding hydrogens is 196 g/mol. The van der Waals surface area contributed by atoms with Gasteiger partial charge in [-0.15, -0.1) is 11.8 Å². The Morgan fingerprint density at radius 1 is 1.50 bits per heavy atom. The number of imide groups is 1. The summed E-state index contributed by atoms with van der Waals surface area (Å²) < 4.78 is 1.77. The van der Waals surface area contributed by atoms with Crippen molar-refractivity contribution in [3.05, 3.63) is 0 Å². The van der Waals surface area contributed by atoms with Gasteiger partial charge in [-0.2, -0.15) is 0 Å². The number of nitrogens with zero attached hydrogens (tertiary/aromatic N) is 1. The summed E-state index contributed by atoms with van der Waals surface area (Å²) in [4.78, 5) is 22.1. The number of rotatable bonds is 2. The molecule has 1 unspecified atom stereocenters. The van der Waals surface area contributed by atoms with Crippen LogP contribution in [0, 0.1) is 0 Å². The number of carbonyl (C=O) groups excluding carboxylic acids is 2. The third-order valence-electron chi connectivity index (χ3n) is 1.51. The molecule has 6 heteroatoms. The van der Waals surface area contributed by atoms with Crippen molar-refractivity contribution in [2.75, 3.05) is 19.1 Å². The second-order valence-electron chi connectivity index (χ2n) is 2.26. The minimum absolute atomic E-state index is 0.215. The van der Waals surface area contributed by atoms with Crippen molar-refractivity contribution in [2.45, 2.75) is 5.37 Å². The molecule has 2 amide bonds. The largest absolute Gasteiger partial charge is 0.293 e. The zero-order chi connectivity index (χ0) is 9.14. The maximum Gasteiger partial charge on any atom is 0.255 e. The van der Waals surface area contributed by atoms with Crippen molar-refractivity contribution in [1.82, 2.24) is 9.62 Å². The molecule has 1 aliphatic heterocycles. The molecule has 1 heterocycles. The maximum absolute atomic E-state index is 11.2. The average Bonchev–Trinajstić information content (AvgIpc) is 2.03. The van der Waals surface area contributed by atoms with Gasteiger partial charge >= 0.3 is 0 Å². The standard InChI is InChI=1S/C6H10N2O2S2/c1-11-6-5(10)7-4(9)3-8(6)12-2/h6H,3H2,1-2H3,(H,7,9,10). The van der Waals surface area contributed by atoms with Gasteiger partial charge in [-0.3, -0.25) is 14.9 Å². The van der Waals surface area contributed by atoms with Crippen molar-refractivity contribution in [2.24, 2.45) is 0 Å². The Balaban J connectivity index is 2.69. The molecule has 4 nitrogen and oxygen atoms in total. The fraction of sp³-hybridized carbons (Fsp3) is 0.667. The minimum atomic E-state index is -0.238. The molecule has 1 rings (SSSR count). The van der Waals surface area contributed by atoms with E-state index >= 15 is 0 Å². The van der Waals surface area contributed by atoms with E-state index in [-0.39, 0.29) is 17.2 Å². The van der Waals surface area contributed by atoms with Crippen LogP contribution in [0.1, 0.15) is 0 Å². The minimum Gasteiger partial charge on any atom is -0.293 e. The molecule has 12 heavy (non-hydrogen) atoms. The number of amides is 2. The van der Waals surface area contributed by atoms with Gasteiger partial charge in [-0.05, 0) is 12.5 Å². The Morgan fingerprint density at radius 3 is 2.67 bits per heavy atom. The second kappa shape index (κ2) is 4.15. The number of hydrogen-bond acceptors (Lipinski definition) is 5. The van der Waals surface area contributed by atoms with Crippen LogP contribution in [0.25, 0.3) is 0 Å². The van der Waals surface area contributed by atoms with Gasteiger partial charge in [0.15, 0.2) is 0 Å². The Hall–Kier alpha value is -0.200. The predicted octanol–water partition coefficient (Wildman–Crippen LogP) is -0.0881. The third-order valence-corrected chi connectivity index (χ3v) is 3.36. The van der Waals surface area contributed by atoms with E-state index in [9.17, 15) is 9.59 Å². The number of hydrogen-bond donors (Lipinski definition) is 1. The molecule has 1 aliphatic rings. The topological polar surface area (TPSA) is 49.4 Å². The highest BCUT2D eigenvalue weighted by Crippen LogP contribution is 2.21. The van der Waals surface area contributed by atoms with Crippen LogP contribution < -0.4 is 5.32 Å². The van der Waals surface area contributed by atoms with Crippen LogP contribution in [0.4, 0.5) is 0 Å². The Bertz CT molecular complexity index is 210. The van der Waals surface area contributed by atoms with Crippen LogP contribution in [-0.2, 0) is 9.59 Å². The van der Waals surface area contributed by atoms with Gasteiger partial charge in [0.1, 0.15) is 5.37 Å². The fourth-order valence-electron chi connectivity index (χ4n) is 0.979. The molecule has 0 aliphatic carbocycles. The van der Waals surface area contributed by atoms with E-state index in [1.807, 2.05) is 12.5 Å². The van der Waals surface area contributed by atoms with Gasteiger partial charge in [-0.25, -0.2) is 4.31 Å². The number of piperazine rings is 1. The summed E-state index contributed by atoms with van der Waals surface area (Å²) in [5, 5.41) is 2.05. The van der Waals surface area contributed by atoms with Crippen molar-refractivity contribution in [3.8, 4) is 0 Å². The first-order valence-electron chi connectivity index (χ1n) is 3.36. The van der Waals surface area contributed by atoms with Gasteiger partial charge in [0.05, 0.1) is 6.54 Å². The lowest BCUT2D eigenvalue weighted by Gasteiger charge is -2.30. The Morgan fingerprint density at radius 2 is 2.17 bits per heavy atom. The van der Waals surface area contributed by atoms with Crippen LogP contribution in [0.3, 0.4) is 0 Å². The highest BCUT2D eigenvalue weighted by molar-refractivity contribution is 8.02. The highest BCUT2D eigenvalue weighted by atomic mass is 32.2. The molecule has 0 aromatic carbocycles. The van der Waals surface area contributed by atoms with Crippen molar-refractivity contribution in [3.63, 3.8) is 0 Å². The van der Waals surface area contributed by atoms with Gasteiger partial charge in [0.2, 0.25) is 5.91 Å². The smallest absolute Gasteiger partial charge is 0.255 e. The third kappa shape index (κ3) is 1.94. The molecule has 0 radical (unpaired) electrons. The Kier molecular flexibility index (Phi) is 3.42. The van der Waals surface area contributed by atoms with Crippen molar-refractivity contribution in [1.29, 1.82) is 0 Å². The Labute approximate surface area is 79.6 Å². The molecule has 0 aromatic rings. The van der Waals surface area contributed by atoms with E-state index in [4.69, 9.17) is 0 Å². The van der Waals surface area contributed by atoms with Crippen LogP contribution >= 0.6 is 23.7 Å². The number of thioether (sulfide) groups is 1. The molecule has 0 bridgehead atoms. The molecule has 0 spiro atoms. The predicted molar refractivity (Wildman–Crippen MR) is 50.7 cm³/mol.